The Morgan fingerprint density at radius 1 is 1.16 bits per heavy atom. The third-order valence-electron chi connectivity index (χ3n) is 2.95. The summed E-state index contributed by atoms with van der Waals surface area (Å²) in [7, 11) is -3.43. The van der Waals surface area contributed by atoms with Gasteiger partial charge in [0.2, 0.25) is 10.0 Å². The average molecular weight is 285 g/mol. The number of hydrogen-bond acceptors (Lipinski definition) is 3. The van der Waals surface area contributed by atoms with Gasteiger partial charge >= 0.3 is 0 Å². The van der Waals surface area contributed by atoms with E-state index in [1.54, 1.807) is 19.1 Å². The second-order valence-electron chi connectivity index (χ2n) is 5.11. The normalized spacial score (nSPS) is 13.7. The number of hydrogen-bond donors (Lipinski definition) is 2. The fourth-order valence-electron chi connectivity index (χ4n) is 1.72. The Morgan fingerprint density at radius 2 is 1.74 bits per heavy atom. The molecule has 1 aromatic rings. The fraction of sp³-hybridized carbons (Fsp3) is 0.571. The van der Waals surface area contributed by atoms with E-state index in [0.29, 0.717) is 25.3 Å². The third kappa shape index (κ3) is 5.30. The van der Waals surface area contributed by atoms with Crippen LogP contribution in [0.4, 0.5) is 0 Å². The van der Waals surface area contributed by atoms with Crippen LogP contribution in [0.25, 0.3) is 0 Å². The SMILES string of the molecule is CC(O)CCCNS(=O)(=O)c1ccc(C(C)C)cc1. The summed E-state index contributed by atoms with van der Waals surface area (Å²) in [5, 5.41) is 9.10. The van der Waals surface area contributed by atoms with E-state index in [1.165, 1.54) is 0 Å². The highest BCUT2D eigenvalue weighted by atomic mass is 32.2. The molecule has 0 aromatic heterocycles. The summed E-state index contributed by atoms with van der Waals surface area (Å²) in [6, 6.07) is 6.95. The third-order valence-corrected chi connectivity index (χ3v) is 4.42. The predicted octanol–water partition coefficient (Wildman–Crippen LogP) is 2.25. The van der Waals surface area contributed by atoms with Gasteiger partial charge in [0.25, 0.3) is 0 Å². The van der Waals surface area contributed by atoms with Crippen LogP contribution < -0.4 is 4.72 Å². The summed E-state index contributed by atoms with van der Waals surface area (Å²) in [5.41, 5.74) is 1.12. The van der Waals surface area contributed by atoms with Crippen LogP contribution in [0.15, 0.2) is 29.2 Å². The van der Waals surface area contributed by atoms with Gasteiger partial charge in [-0.3, -0.25) is 0 Å². The maximum absolute atomic E-state index is 12.0. The first-order valence-electron chi connectivity index (χ1n) is 6.60. The molecule has 0 saturated heterocycles. The summed E-state index contributed by atoms with van der Waals surface area (Å²) in [6.07, 6.45) is 0.824. The van der Waals surface area contributed by atoms with Crippen LogP contribution in [-0.2, 0) is 10.0 Å². The van der Waals surface area contributed by atoms with Crippen molar-refractivity contribution in [3.8, 4) is 0 Å². The van der Waals surface area contributed by atoms with Gasteiger partial charge in [0.15, 0.2) is 0 Å². The number of aliphatic hydroxyl groups excluding tert-OH is 1. The second-order valence-corrected chi connectivity index (χ2v) is 6.88. The zero-order valence-electron chi connectivity index (χ0n) is 11.8. The van der Waals surface area contributed by atoms with Gasteiger partial charge in [-0.05, 0) is 43.4 Å². The largest absolute Gasteiger partial charge is 0.393 e. The molecule has 0 amide bonds. The van der Waals surface area contributed by atoms with Crippen molar-refractivity contribution in [1.82, 2.24) is 4.72 Å². The maximum atomic E-state index is 12.0. The lowest BCUT2D eigenvalue weighted by atomic mass is 10.0. The standard InChI is InChI=1S/C14H23NO3S/c1-11(2)13-6-8-14(9-7-13)19(17,18)15-10-4-5-12(3)16/h6-9,11-12,15-16H,4-5,10H2,1-3H3. The summed E-state index contributed by atoms with van der Waals surface area (Å²) in [5.74, 6) is 0.385. The van der Waals surface area contributed by atoms with Gasteiger partial charge in [-0.15, -0.1) is 0 Å². The Balaban J connectivity index is 2.62. The topological polar surface area (TPSA) is 66.4 Å². The van der Waals surface area contributed by atoms with Gasteiger partial charge in [0, 0.05) is 6.54 Å². The first-order chi connectivity index (χ1) is 8.83. The molecule has 5 heteroatoms. The molecule has 1 aromatic carbocycles. The van der Waals surface area contributed by atoms with Gasteiger partial charge in [-0.1, -0.05) is 26.0 Å². The number of aliphatic hydroxyl groups is 1. The van der Waals surface area contributed by atoms with Crippen LogP contribution in [0.2, 0.25) is 0 Å². The van der Waals surface area contributed by atoms with Crippen molar-refractivity contribution in [2.24, 2.45) is 0 Å². The van der Waals surface area contributed by atoms with Crippen molar-refractivity contribution in [1.29, 1.82) is 0 Å². The molecular formula is C14H23NO3S. The molecule has 0 heterocycles. The van der Waals surface area contributed by atoms with E-state index in [0.717, 1.165) is 5.56 Å². The zero-order valence-corrected chi connectivity index (χ0v) is 12.6. The molecule has 0 radical (unpaired) electrons. The van der Waals surface area contributed by atoms with Gasteiger partial charge in [-0.2, -0.15) is 0 Å². The number of sulfonamides is 1. The van der Waals surface area contributed by atoms with Crippen molar-refractivity contribution >= 4 is 10.0 Å². The van der Waals surface area contributed by atoms with Crippen LogP contribution in [0.1, 0.15) is 45.1 Å². The van der Waals surface area contributed by atoms with Crippen molar-refractivity contribution in [2.45, 2.75) is 50.5 Å². The summed E-state index contributed by atoms with van der Waals surface area (Å²) >= 11 is 0. The Bertz CT molecular complexity index is 478. The van der Waals surface area contributed by atoms with E-state index in [9.17, 15) is 8.42 Å². The molecule has 2 N–H and O–H groups in total. The summed E-state index contributed by atoms with van der Waals surface area (Å²) < 4.78 is 26.5. The summed E-state index contributed by atoms with van der Waals surface area (Å²) in [4.78, 5) is 0.286. The minimum absolute atomic E-state index is 0.286. The minimum atomic E-state index is -3.43. The number of rotatable bonds is 7. The minimum Gasteiger partial charge on any atom is -0.393 e. The van der Waals surface area contributed by atoms with Crippen molar-refractivity contribution < 1.29 is 13.5 Å². The molecule has 19 heavy (non-hydrogen) atoms. The van der Waals surface area contributed by atoms with Crippen LogP contribution in [0.3, 0.4) is 0 Å². The van der Waals surface area contributed by atoms with Gasteiger partial charge in [-0.25, -0.2) is 13.1 Å². The van der Waals surface area contributed by atoms with Crippen molar-refractivity contribution in [3.05, 3.63) is 29.8 Å². The molecule has 0 aliphatic carbocycles. The van der Waals surface area contributed by atoms with E-state index in [2.05, 4.69) is 18.6 Å². The van der Waals surface area contributed by atoms with E-state index in [4.69, 9.17) is 5.11 Å². The molecule has 0 spiro atoms. The van der Waals surface area contributed by atoms with E-state index < -0.39 is 16.1 Å². The Kier molecular flexibility index (Phi) is 5.97. The fourth-order valence-corrected chi connectivity index (χ4v) is 2.79. The van der Waals surface area contributed by atoms with Gasteiger partial charge in [0.1, 0.15) is 0 Å². The Labute approximate surface area is 115 Å². The van der Waals surface area contributed by atoms with Crippen molar-refractivity contribution in [3.63, 3.8) is 0 Å². The molecule has 108 valence electrons. The molecule has 1 rings (SSSR count). The molecule has 1 unspecified atom stereocenters. The summed E-state index contributed by atoms with van der Waals surface area (Å²) in [6.45, 7) is 6.17. The van der Waals surface area contributed by atoms with E-state index in [-0.39, 0.29) is 4.90 Å². The predicted molar refractivity (Wildman–Crippen MR) is 76.6 cm³/mol. The molecule has 1 atom stereocenters. The number of benzene rings is 1. The van der Waals surface area contributed by atoms with Crippen LogP contribution in [0.5, 0.6) is 0 Å². The molecule has 0 fully saturated rings. The van der Waals surface area contributed by atoms with E-state index in [1.807, 2.05) is 12.1 Å². The highest BCUT2D eigenvalue weighted by Gasteiger charge is 2.13. The molecule has 0 aliphatic heterocycles. The highest BCUT2D eigenvalue weighted by Crippen LogP contribution is 2.17. The molecular weight excluding hydrogens is 262 g/mol. The number of nitrogens with one attached hydrogen (secondary N) is 1. The monoisotopic (exact) mass is 285 g/mol. The van der Waals surface area contributed by atoms with Gasteiger partial charge < -0.3 is 5.11 Å². The molecule has 0 aliphatic rings. The molecule has 4 nitrogen and oxygen atoms in total. The lowest BCUT2D eigenvalue weighted by molar-refractivity contribution is 0.182. The Hall–Kier alpha value is -0.910. The first-order valence-corrected chi connectivity index (χ1v) is 8.09. The maximum Gasteiger partial charge on any atom is 0.240 e. The van der Waals surface area contributed by atoms with Crippen LogP contribution in [-0.4, -0.2) is 26.2 Å². The van der Waals surface area contributed by atoms with Crippen LogP contribution in [0, 0.1) is 0 Å². The molecule has 0 saturated carbocycles. The molecule has 0 bridgehead atoms. The highest BCUT2D eigenvalue weighted by molar-refractivity contribution is 7.89. The average Bonchev–Trinajstić information content (AvgIpc) is 2.34. The lowest BCUT2D eigenvalue weighted by Crippen LogP contribution is -2.25. The van der Waals surface area contributed by atoms with Crippen molar-refractivity contribution in [2.75, 3.05) is 6.54 Å². The quantitative estimate of drug-likeness (QED) is 0.755. The van der Waals surface area contributed by atoms with E-state index >= 15 is 0 Å². The first kappa shape index (κ1) is 16.1. The smallest absolute Gasteiger partial charge is 0.240 e. The van der Waals surface area contributed by atoms with Crippen LogP contribution >= 0.6 is 0 Å². The lowest BCUT2D eigenvalue weighted by Gasteiger charge is -2.09. The van der Waals surface area contributed by atoms with Gasteiger partial charge in [0.05, 0.1) is 11.0 Å². The Morgan fingerprint density at radius 3 is 2.21 bits per heavy atom. The second kappa shape index (κ2) is 7.03. The zero-order chi connectivity index (χ0) is 14.5.